The van der Waals surface area contributed by atoms with Crippen molar-refractivity contribution in [3.63, 3.8) is 0 Å². The summed E-state index contributed by atoms with van der Waals surface area (Å²) in [6.07, 6.45) is -8.87. The molecule has 0 heterocycles. The van der Waals surface area contributed by atoms with Gasteiger partial charge in [-0.2, -0.15) is 57.1 Å². The number of aryl methyl sites for hydroxylation is 1. The number of hydrogen-bond donors (Lipinski definition) is 2. The van der Waals surface area contributed by atoms with Gasteiger partial charge in [0, 0.05) is 18.7 Å². The van der Waals surface area contributed by atoms with Crippen LogP contribution in [0, 0.1) is 6.92 Å². The van der Waals surface area contributed by atoms with Crippen LogP contribution in [0.5, 0.6) is 5.75 Å². The minimum Gasteiger partial charge on any atom is -0.492 e. The van der Waals surface area contributed by atoms with E-state index in [0.29, 0.717) is 11.1 Å². The highest BCUT2D eigenvalue weighted by molar-refractivity contribution is 5.89. The third kappa shape index (κ3) is 8.54. The first-order chi connectivity index (χ1) is 21.8. The van der Waals surface area contributed by atoms with Gasteiger partial charge < -0.3 is 24.8 Å². The summed E-state index contributed by atoms with van der Waals surface area (Å²) < 4.78 is 188. The van der Waals surface area contributed by atoms with Gasteiger partial charge in [-0.15, -0.1) is 0 Å². The lowest BCUT2D eigenvalue weighted by Crippen LogP contribution is -2.71. The minimum atomic E-state index is -8.08. The van der Waals surface area contributed by atoms with E-state index in [1.165, 1.54) is 48.5 Å². The second kappa shape index (κ2) is 14.7. The Kier molecular flexibility index (Phi) is 12.3. The van der Waals surface area contributed by atoms with Crippen molar-refractivity contribution in [3.8, 4) is 5.75 Å². The Hall–Kier alpha value is -3.97. The van der Waals surface area contributed by atoms with Crippen molar-refractivity contribution < 1.29 is 81.2 Å². The van der Waals surface area contributed by atoms with Crippen LogP contribution in [0.1, 0.15) is 18.1 Å². The standard InChI is InChI=1S/C28H27F13N2O5/c1-3-47-20(21(44)45)14-17-6-10-19(11-7-17)48-13-12-43(22(46)42-18-8-4-16(2)5-9-18)15-23(29,30)24(31,32)25(33,34)26(35,36)27(37,38)28(39,40)41/h4-11,20H,3,12-15H2,1-2H3,(H,42,46)(H,44,45). The molecule has 0 spiro atoms. The molecule has 270 valence electrons. The van der Waals surface area contributed by atoms with Gasteiger partial charge in [0.15, 0.2) is 6.10 Å². The van der Waals surface area contributed by atoms with Gasteiger partial charge >= 0.3 is 47.8 Å². The normalized spacial score (nSPS) is 14.0. The number of nitrogens with zero attached hydrogens (tertiary/aromatic N) is 1. The number of carbonyl (C=O) groups excluding carboxylic acids is 1. The van der Waals surface area contributed by atoms with Gasteiger partial charge in [-0.05, 0) is 43.7 Å². The number of anilines is 1. The summed E-state index contributed by atoms with van der Waals surface area (Å²) in [6.45, 7) is -1.73. The number of nitrogens with one attached hydrogen (secondary N) is 1. The molecular formula is C28H27F13N2O5. The Labute approximate surface area is 263 Å². The number of ether oxygens (including phenoxy) is 2. The molecule has 1 atom stereocenters. The first-order valence-electron chi connectivity index (χ1n) is 13.5. The number of alkyl halides is 13. The smallest absolute Gasteiger partial charge is 0.460 e. The molecule has 2 amide bonds. The van der Waals surface area contributed by atoms with E-state index in [-0.39, 0.29) is 29.4 Å². The number of amides is 2. The molecule has 0 aliphatic rings. The molecule has 0 saturated heterocycles. The Morgan fingerprint density at radius 1 is 0.792 bits per heavy atom. The van der Waals surface area contributed by atoms with Gasteiger partial charge in [-0.3, -0.25) is 0 Å². The fraction of sp³-hybridized carbons (Fsp3) is 0.500. The molecule has 0 saturated carbocycles. The van der Waals surface area contributed by atoms with Gasteiger partial charge in [-0.25, -0.2) is 9.59 Å². The number of rotatable bonds is 16. The zero-order chi connectivity index (χ0) is 36.9. The first kappa shape index (κ1) is 40.2. The van der Waals surface area contributed by atoms with Crippen LogP contribution in [0.3, 0.4) is 0 Å². The van der Waals surface area contributed by atoms with E-state index in [4.69, 9.17) is 9.47 Å². The highest BCUT2D eigenvalue weighted by atomic mass is 19.4. The topological polar surface area (TPSA) is 88.1 Å². The van der Waals surface area contributed by atoms with Crippen LogP contribution < -0.4 is 10.1 Å². The summed E-state index contributed by atoms with van der Waals surface area (Å²) in [5, 5.41) is 11.1. The summed E-state index contributed by atoms with van der Waals surface area (Å²) in [7, 11) is 0. The lowest BCUT2D eigenvalue weighted by Gasteiger charge is -2.40. The van der Waals surface area contributed by atoms with Crippen LogP contribution in [0.2, 0.25) is 0 Å². The Bertz CT molecular complexity index is 1390. The SMILES string of the molecule is CCOC(Cc1ccc(OCCN(CC(F)(F)C(F)(F)C(F)(F)C(F)(F)C(F)(F)C(F)(F)F)C(=O)Nc2ccc(C)cc2)cc1)C(=O)O. The van der Waals surface area contributed by atoms with E-state index in [2.05, 4.69) is 0 Å². The van der Waals surface area contributed by atoms with E-state index < -0.39 is 73.6 Å². The van der Waals surface area contributed by atoms with Gasteiger partial charge in [0.25, 0.3) is 0 Å². The predicted octanol–water partition coefficient (Wildman–Crippen LogP) is 7.68. The Morgan fingerprint density at radius 2 is 1.31 bits per heavy atom. The van der Waals surface area contributed by atoms with Crippen LogP contribution in [0.25, 0.3) is 0 Å². The van der Waals surface area contributed by atoms with Crippen molar-refractivity contribution >= 4 is 17.7 Å². The van der Waals surface area contributed by atoms with Gasteiger partial charge in [0.2, 0.25) is 0 Å². The molecule has 20 heteroatoms. The molecule has 0 aliphatic heterocycles. The Balaban J connectivity index is 2.33. The molecule has 2 aromatic rings. The molecule has 2 rings (SSSR count). The minimum absolute atomic E-state index is 0.0806. The quantitative estimate of drug-likeness (QED) is 0.174. The van der Waals surface area contributed by atoms with Crippen molar-refractivity contribution in [2.75, 3.05) is 31.6 Å². The molecule has 0 fully saturated rings. The average molecular weight is 719 g/mol. The van der Waals surface area contributed by atoms with E-state index >= 15 is 0 Å². The maximum Gasteiger partial charge on any atom is 0.460 e. The molecule has 2 N–H and O–H groups in total. The molecular weight excluding hydrogens is 691 g/mol. The number of aliphatic carboxylic acids is 1. The number of benzene rings is 2. The van der Waals surface area contributed by atoms with Crippen molar-refractivity contribution in [2.45, 2.75) is 62.2 Å². The van der Waals surface area contributed by atoms with Crippen molar-refractivity contribution in [3.05, 3.63) is 59.7 Å². The summed E-state index contributed by atoms with van der Waals surface area (Å²) in [4.78, 5) is 23.7. The lowest BCUT2D eigenvalue weighted by atomic mass is 9.93. The molecule has 48 heavy (non-hydrogen) atoms. The van der Waals surface area contributed by atoms with Crippen LogP contribution in [-0.2, 0) is 16.0 Å². The predicted molar refractivity (Wildman–Crippen MR) is 141 cm³/mol. The van der Waals surface area contributed by atoms with E-state index in [9.17, 15) is 71.8 Å². The molecule has 0 radical (unpaired) electrons. The van der Waals surface area contributed by atoms with Crippen LogP contribution in [-0.4, -0.2) is 90.2 Å². The first-order valence-corrected chi connectivity index (χ1v) is 13.5. The number of carboxylic acids is 1. The zero-order valence-corrected chi connectivity index (χ0v) is 24.7. The third-order valence-corrected chi connectivity index (χ3v) is 6.60. The van der Waals surface area contributed by atoms with Gasteiger partial charge in [0.1, 0.15) is 12.4 Å². The summed E-state index contributed by atoms with van der Waals surface area (Å²) in [5.74, 6) is -39.5. The largest absolute Gasteiger partial charge is 0.492 e. The number of urea groups is 1. The zero-order valence-electron chi connectivity index (χ0n) is 24.7. The lowest BCUT2D eigenvalue weighted by molar-refractivity contribution is -0.439. The molecule has 0 aromatic heterocycles. The molecule has 7 nitrogen and oxygen atoms in total. The maximum atomic E-state index is 14.7. The number of carboxylic acid groups (broad SMARTS) is 1. The van der Waals surface area contributed by atoms with Crippen LogP contribution in [0.4, 0.5) is 67.6 Å². The number of hydrogen-bond acceptors (Lipinski definition) is 4. The average Bonchev–Trinajstić information content (AvgIpc) is 2.97. The monoisotopic (exact) mass is 718 g/mol. The molecule has 2 aromatic carbocycles. The summed E-state index contributed by atoms with van der Waals surface area (Å²) >= 11 is 0. The summed E-state index contributed by atoms with van der Waals surface area (Å²) in [5.41, 5.74) is 0.860. The van der Waals surface area contributed by atoms with Gasteiger partial charge in [-0.1, -0.05) is 29.8 Å². The Morgan fingerprint density at radius 3 is 1.79 bits per heavy atom. The second-order valence-corrected chi connectivity index (χ2v) is 10.2. The van der Waals surface area contributed by atoms with Crippen molar-refractivity contribution in [1.29, 1.82) is 0 Å². The van der Waals surface area contributed by atoms with Crippen molar-refractivity contribution in [1.82, 2.24) is 4.90 Å². The van der Waals surface area contributed by atoms with Gasteiger partial charge in [0.05, 0.1) is 13.1 Å². The van der Waals surface area contributed by atoms with Crippen LogP contribution >= 0.6 is 0 Å². The highest BCUT2D eigenvalue weighted by Crippen LogP contribution is 2.60. The van der Waals surface area contributed by atoms with E-state index in [1.807, 2.05) is 5.32 Å². The fourth-order valence-electron chi connectivity index (χ4n) is 3.86. The molecule has 0 bridgehead atoms. The fourth-order valence-corrected chi connectivity index (χ4v) is 3.86. The van der Waals surface area contributed by atoms with Crippen LogP contribution in [0.15, 0.2) is 48.5 Å². The highest BCUT2D eigenvalue weighted by Gasteiger charge is 2.90. The number of carbonyl (C=O) groups is 2. The molecule has 0 aliphatic carbocycles. The van der Waals surface area contributed by atoms with E-state index in [0.717, 1.165) is 0 Å². The van der Waals surface area contributed by atoms with Crippen molar-refractivity contribution in [2.24, 2.45) is 0 Å². The second-order valence-electron chi connectivity index (χ2n) is 10.2. The maximum absolute atomic E-state index is 14.7. The number of halogens is 13. The third-order valence-electron chi connectivity index (χ3n) is 6.60. The summed E-state index contributed by atoms with van der Waals surface area (Å²) in [6, 6.07) is 8.54. The molecule has 1 unspecified atom stereocenters. The van der Waals surface area contributed by atoms with E-state index in [1.54, 1.807) is 13.8 Å².